The molecule has 0 unspecified atom stereocenters. The summed E-state index contributed by atoms with van der Waals surface area (Å²) in [5.74, 6) is 1.02. The van der Waals surface area contributed by atoms with Gasteiger partial charge in [0, 0.05) is 24.7 Å². The summed E-state index contributed by atoms with van der Waals surface area (Å²) in [4.78, 5) is 23.6. The summed E-state index contributed by atoms with van der Waals surface area (Å²) < 4.78 is 1.49. The van der Waals surface area contributed by atoms with E-state index in [-0.39, 0.29) is 17.5 Å². The Balaban J connectivity index is 2.01. The van der Waals surface area contributed by atoms with Crippen molar-refractivity contribution >= 4 is 11.8 Å². The number of aromatic nitrogens is 4. The first-order chi connectivity index (χ1) is 13.5. The summed E-state index contributed by atoms with van der Waals surface area (Å²) in [6.45, 7) is 5.72. The highest BCUT2D eigenvalue weighted by Gasteiger charge is 2.25. The number of hydrogen-bond donors (Lipinski definition) is 1. The van der Waals surface area contributed by atoms with E-state index in [4.69, 9.17) is 5.73 Å². The number of nitrogen functional groups attached to an aromatic ring is 1. The van der Waals surface area contributed by atoms with Crippen LogP contribution in [0.3, 0.4) is 0 Å². The minimum Gasteiger partial charge on any atom is -0.368 e. The van der Waals surface area contributed by atoms with Gasteiger partial charge in [0.1, 0.15) is 5.82 Å². The Labute approximate surface area is 163 Å². The van der Waals surface area contributed by atoms with Gasteiger partial charge in [-0.05, 0) is 32.8 Å². The summed E-state index contributed by atoms with van der Waals surface area (Å²) in [5, 5.41) is 4.65. The summed E-state index contributed by atoms with van der Waals surface area (Å²) in [6, 6.07) is 13.2. The fourth-order valence-electron chi connectivity index (χ4n) is 3.59. The number of nitrogens with two attached hydrogens (primary N) is 1. The maximum Gasteiger partial charge on any atom is 0.267 e. The average Bonchev–Trinajstić information content (AvgIpc) is 3.23. The van der Waals surface area contributed by atoms with Crippen LogP contribution in [0, 0.1) is 0 Å². The molecule has 2 N–H and O–H groups in total. The molecular weight excluding hydrogens is 352 g/mol. The van der Waals surface area contributed by atoms with Gasteiger partial charge in [-0.1, -0.05) is 30.3 Å². The van der Waals surface area contributed by atoms with Crippen LogP contribution in [0.2, 0.25) is 0 Å². The van der Waals surface area contributed by atoms with Crippen LogP contribution in [0.4, 0.5) is 11.8 Å². The molecule has 1 aliphatic heterocycles. The molecule has 7 nitrogen and oxygen atoms in total. The van der Waals surface area contributed by atoms with E-state index in [2.05, 4.69) is 20.0 Å². The molecule has 3 aromatic rings. The Morgan fingerprint density at radius 3 is 2.39 bits per heavy atom. The molecule has 0 bridgehead atoms. The van der Waals surface area contributed by atoms with Gasteiger partial charge in [0.2, 0.25) is 5.95 Å². The molecule has 0 amide bonds. The highest BCUT2D eigenvalue weighted by Crippen LogP contribution is 2.37. The number of rotatable bonds is 4. The van der Waals surface area contributed by atoms with Crippen LogP contribution in [0.5, 0.6) is 0 Å². The van der Waals surface area contributed by atoms with Gasteiger partial charge in [-0.15, -0.1) is 0 Å². The maximum absolute atomic E-state index is 12.2. The van der Waals surface area contributed by atoms with E-state index in [0.717, 1.165) is 48.6 Å². The largest absolute Gasteiger partial charge is 0.368 e. The SMILES string of the molecule is CC(C)n1nc(-c2c(-c3ccccc3)nc(N)nc2N2CCCC2)ccc1=O. The molecule has 1 saturated heterocycles. The van der Waals surface area contributed by atoms with E-state index < -0.39 is 0 Å². The number of hydrogen-bond acceptors (Lipinski definition) is 6. The second-order valence-electron chi connectivity index (χ2n) is 7.28. The maximum atomic E-state index is 12.2. The molecule has 3 heterocycles. The lowest BCUT2D eigenvalue weighted by Gasteiger charge is -2.22. The molecule has 0 radical (unpaired) electrons. The summed E-state index contributed by atoms with van der Waals surface area (Å²) in [6.07, 6.45) is 2.23. The molecule has 1 aromatic carbocycles. The van der Waals surface area contributed by atoms with Gasteiger partial charge in [-0.2, -0.15) is 10.1 Å². The van der Waals surface area contributed by atoms with Crippen LogP contribution in [0.1, 0.15) is 32.7 Å². The molecule has 0 saturated carbocycles. The van der Waals surface area contributed by atoms with Gasteiger partial charge in [0.25, 0.3) is 5.56 Å². The highest BCUT2D eigenvalue weighted by molar-refractivity contribution is 5.87. The van der Waals surface area contributed by atoms with Crippen molar-refractivity contribution in [2.45, 2.75) is 32.7 Å². The highest BCUT2D eigenvalue weighted by atomic mass is 16.1. The van der Waals surface area contributed by atoms with E-state index in [1.54, 1.807) is 12.1 Å². The minimum absolute atomic E-state index is 0.0439. The third-order valence-corrected chi connectivity index (χ3v) is 4.93. The van der Waals surface area contributed by atoms with Crippen LogP contribution >= 0.6 is 0 Å². The van der Waals surface area contributed by atoms with Gasteiger partial charge in [0.15, 0.2) is 0 Å². The Morgan fingerprint density at radius 2 is 1.71 bits per heavy atom. The zero-order valence-corrected chi connectivity index (χ0v) is 16.2. The van der Waals surface area contributed by atoms with E-state index >= 15 is 0 Å². The Kier molecular flexibility index (Phi) is 4.81. The van der Waals surface area contributed by atoms with Crippen molar-refractivity contribution in [3.8, 4) is 22.5 Å². The van der Waals surface area contributed by atoms with Gasteiger partial charge < -0.3 is 10.6 Å². The van der Waals surface area contributed by atoms with Crippen LogP contribution < -0.4 is 16.2 Å². The van der Waals surface area contributed by atoms with E-state index in [1.807, 2.05) is 44.2 Å². The smallest absolute Gasteiger partial charge is 0.267 e. The van der Waals surface area contributed by atoms with Gasteiger partial charge in [-0.25, -0.2) is 9.67 Å². The van der Waals surface area contributed by atoms with Crippen molar-refractivity contribution in [2.75, 3.05) is 23.7 Å². The molecule has 1 fully saturated rings. The lowest BCUT2D eigenvalue weighted by Crippen LogP contribution is -2.25. The molecule has 1 aliphatic rings. The van der Waals surface area contributed by atoms with Crippen molar-refractivity contribution in [2.24, 2.45) is 0 Å². The molecular formula is C21H24N6O. The summed E-state index contributed by atoms with van der Waals surface area (Å²) >= 11 is 0. The van der Waals surface area contributed by atoms with Crippen LogP contribution in [-0.2, 0) is 0 Å². The quantitative estimate of drug-likeness (QED) is 0.752. The first kappa shape index (κ1) is 18.2. The molecule has 0 atom stereocenters. The molecule has 7 heteroatoms. The monoisotopic (exact) mass is 376 g/mol. The van der Waals surface area contributed by atoms with Crippen molar-refractivity contribution in [1.82, 2.24) is 19.7 Å². The lowest BCUT2D eigenvalue weighted by atomic mass is 10.0. The molecule has 0 aliphatic carbocycles. The fraction of sp³-hybridized carbons (Fsp3) is 0.333. The normalized spacial score (nSPS) is 14.0. The van der Waals surface area contributed by atoms with Crippen molar-refractivity contribution in [1.29, 1.82) is 0 Å². The summed E-state index contributed by atoms with van der Waals surface area (Å²) in [7, 11) is 0. The van der Waals surface area contributed by atoms with Crippen LogP contribution in [0.25, 0.3) is 22.5 Å². The number of anilines is 2. The molecule has 144 valence electrons. The first-order valence-electron chi connectivity index (χ1n) is 9.62. The predicted octanol–water partition coefficient (Wildman–Crippen LogP) is 3.13. The van der Waals surface area contributed by atoms with Gasteiger partial charge in [0.05, 0.1) is 23.0 Å². The van der Waals surface area contributed by atoms with E-state index in [9.17, 15) is 4.79 Å². The zero-order chi connectivity index (χ0) is 19.7. The Bertz CT molecular complexity index is 1040. The first-order valence-corrected chi connectivity index (χ1v) is 9.62. The average molecular weight is 376 g/mol. The van der Waals surface area contributed by atoms with Crippen LogP contribution in [-0.4, -0.2) is 32.8 Å². The van der Waals surface area contributed by atoms with Crippen molar-refractivity contribution in [3.05, 3.63) is 52.8 Å². The van der Waals surface area contributed by atoms with Gasteiger partial charge >= 0.3 is 0 Å². The number of benzene rings is 1. The lowest BCUT2D eigenvalue weighted by molar-refractivity contribution is 0.505. The van der Waals surface area contributed by atoms with E-state index in [1.165, 1.54) is 4.68 Å². The van der Waals surface area contributed by atoms with Crippen LogP contribution in [0.15, 0.2) is 47.3 Å². The standard InChI is InChI=1S/C21H24N6O/c1-14(2)27-17(28)11-10-16(25-27)18-19(15-8-4-3-5-9-15)23-21(22)24-20(18)26-12-6-7-13-26/h3-5,8-11,14H,6-7,12-13H2,1-2H3,(H2,22,23,24). The third kappa shape index (κ3) is 3.35. The minimum atomic E-state index is -0.126. The zero-order valence-electron chi connectivity index (χ0n) is 16.2. The molecule has 28 heavy (non-hydrogen) atoms. The van der Waals surface area contributed by atoms with E-state index in [0.29, 0.717) is 5.69 Å². The summed E-state index contributed by atoms with van der Waals surface area (Å²) in [5.41, 5.74) is 9.13. The fourth-order valence-corrected chi connectivity index (χ4v) is 3.59. The van der Waals surface area contributed by atoms with Gasteiger partial charge in [-0.3, -0.25) is 4.79 Å². The Hall–Kier alpha value is -3.22. The molecule has 2 aromatic heterocycles. The second kappa shape index (κ2) is 7.42. The van der Waals surface area contributed by atoms with Crippen molar-refractivity contribution in [3.63, 3.8) is 0 Å². The third-order valence-electron chi connectivity index (χ3n) is 4.93. The molecule has 0 spiro atoms. The number of nitrogens with zero attached hydrogens (tertiary/aromatic N) is 5. The predicted molar refractivity (Wildman–Crippen MR) is 111 cm³/mol. The topological polar surface area (TPSA) is 89.9 Å². The Morgan fingerprint density at radius 1 is 1.00 bits per heavy atom. The van der Waals surface area contributed by atoms with Crippen molar-refractivity contribution < 1.29 is 0 Å². The molecule has 4 rings (SSSR count). The second-order valence-corrected chi connectivity index (χ2v) is 7.28.